The highest BCUT2D eigenvalue weighted by Gasteiger charge is 2.15. The number of hydrogen-bond donors (Lipinski definition) is 1. The average molecular weight is 230 g/mol. The number of nitrogens with zero attached hydrogens (tertiary/aromatic N) is 1. The van der Waals surface area contributed by atoms with E-state index < -0.39 is 0 Å². The van der Waals surface area contributed by atoms with Crippen molar-refractivity contribution < 1.29 is 0 Å². The molecule has 1 aliphatic rings. The van der Waals surface area contributed by atoms with Gasteiger partial charge in [-0.05, 0) is 12.0 Å². The molecule has 0 saturated heterocycles. The predicted octanol–water partition coefficient (Wildman–Crippen LogP) is 3.39. The van der Waals surface area contributed by atoms with E-state index in [1.807, 2.05) is 24.0 Å². The summed E-state index contributed by atoms with van der Waals surface area (Å²) in [6.45, 7) is 3.32. The topological polar surface area (TPSA) is 24.9 Å². The van der Waals surface area contributed by atoms with Crippen LogP contribution < -0.4 is 5.32 Å². The Kier molecular flexibility index (Phi) is 2.48. The molecule has 1 aliphatic heterocycles. The number of thioether (sulfide) groups is 1. The van der Waals surface area contributed by atoms with Crippen LogP contribution in [0.15, 0.2) is 35.4 Å². The third-order valence-electron chi connectivity index (χ3n) is 2.88. The van der Waals surface area contributed by atoms with Crippen LogP contribution in [-0.4, -0.2) is 17.3 Å². The SMILES string of the molecule is CC1CNc2cnc3ccccc3c2SC1. The van der Waals surface area contributed by atoms with Crippen molar-refractivity contribution in [3.05, 3.63) is 30.5 Å². The average Bonchev–Trinajstić information content (AvgIpc) is 2.52. The molecule has 2 nitrogen and oxygen atoms in total. The first kappa shape index (κ1) is 9.97. The molecule has 1 aromatic carbocycles. The molecule has 1 atom stereocenters. The van der Waals surface area contributed by atoms with E-state index in [0.717, 1.165) is 12.1 Å². The summed E-state index contributed by atoms with van der Waals surface area (Å²) >= 11 is 1.94. The Bertz CT molecular complexity index is 524. The van der Waals surface area contributed by atoms with E-state index in [-0.39, 0.29) is 0 Å². The minimum absolute atomic E-state index is 0.705. The molecule has 1 unspecified atom stereocenters. The van der Waals surface area contributed by atoms with Gasteiger partial charge in [0.25, 0.3) is 0 Å². The van der Waals surface area contributed by atoms with Gasteiger partial charge in [-0.2, -0.15) is 0 Å². The Morgan fingerprint density at radius 1 is 1.38 bits per heavy atom. The molecule has 3 heteroatoms. The molecule has 0 spiro atoms. The quantitative estimate of drug-likeness (QED) is 0.751. The Hall–Kier alpha value is -1.22. The lowest BCUT2D eigenvalue weighted by Gasteiger charge is -2.09. The van der Waals surface area contributed by atoms with Gasteiger partial charge < -0.3 is 5.32 Å². The Labute approximate surface area is 99.5 Å². The first-order chi connectivity index (χ1) is 7.84. The van der Waals surface area contributed by atoms with Gasteiger partial charge in [-0.25, -0.2) is 0 Å². The van der Waals surface area contributed by atoms with Crippen LogP contribution in [0, 0.1) is 5.92 Å². The maximum Gasteiger partial charge on any atom is 0.0714 e. The van der Waals surface area contributed by atoms with E-state index in [2.05, 4.69) is 35.4 Å². The van der Waals surface area contributed by atoms with E-state index in [1.54, 1.807) is 0 Å². The third kappa shape index (κ3) is 1.65. The normalized spacial score (nSPS) is 19.9. The summed E-state index contributed by atoms with van der Waals surface area (Å²) in [7, 11) is 0. The number of para-hydroxylation sites is 1. The van der Waals surface area contributed by atoms with Crippen molar-refractivity contribution in [3.8, 4) is 0 Å². The van der Waals surface area contributed by atoms with E-state index >= 15 is 0 Å². The molecule has 2 heterocycles. The Balaban J connectivity index is 2.19. The molecule has 0 aliphatic carbocycles. The molecule has 0 radical (unpaired) electrons. The Morgan fingerprint density at radius 3 is 3.19 bits per heavy atom. The van der Waals surface area contributed by atoms with Gasteiger partial charge in [0.15, 0.2) is 0 Å². The van der Waals surface area contributed by atoms with Crippen molar-refractivity contribution in [1.29, 1.82) is 0 Å². The standard InChI is InChI=1S/C13H14N2S/c1-9-6-14-12-7-15-11-5-3-2-4-10(11)13(12)16-8-9/h2-5,7,9,14H,6,8H2,1H3. The van der Waals surface area contributed by atoms with Gasteiger partial charge in [-0.1, -0.05) is 25.1 Å². The van der Waals surface area contributed by atoms with Crippen LogP contribution >= 0.6 is 11.8 Å². The van der Waals surface area contributed by atoms with Gasteiger partial charge in [-0.15, -0.1) is 11.8 Å². The second-order valence-electron chi connectivity index (χ2n) is 4.32. The number of fused-ring (bicyclic) bond motifs is 3. The van der Waals surface area contributed by atoms with Crippen molar-refractivity contribution in [2.24, 2.45) is 5.92 Å². The molecule has 82 valence electrons. The van der Waals surface area contributed by atoms with Gasteiger partial charge in [0, 0.05) is 22.6 Å². The van der Waals surface area contributed by atoms with Crippen LogP contribution in [0.1, 0.15) is 6.92 Å². The lowest BCUT2D eigenvalue weighted by Crippen LogP contribution is -2.10. The van der Waals surface area contributed by atoms with Crippen LogP contribution in [0.4, 0.5) is 5.69 Å². The monoisotopic (exact) mass is 230 g/mol. The van der Waals surface area contributed by atoms with Crippen LogP contribution in [0.2, 0.25) is 0 Å². The van der Waals surface area contributed by atoms with Crippen LogP contribution in [0.25, 0.3) is 10.9 Å². The van der Waals surface area contributed by atoms with Crippen LogP contribution in [0.5, 0.6) is 0 Å². The number of benzene rings is 1. The van der Waals surface area contributed by atoms with Gasteiger partial charge in [0.1, 0.15) is 0 Å². The van der Waals surface area contributed by atoms with E-state index in [4.69, 9.17) is 0 Å². The van der Waals surface area contributed by atoms with Crippen molar-refractivity contribution in [3.63, 3.8) is 0 Å². The smallest absolute Gasteiger partial charge is 0.0714 e. The summed E-state index contributed by atoms with van der Waals surface area (Å²) < 4.78 is 0. The highest BCUT2D eigenvalue weighted by atomic mass is 32.2. The van der Waals surface area contributed by atoms with Gasteiger partial charge in [-0.3, -0.25) is 4.98 Å². The van der Waals surface area contributed by atoms with Crippen LogP contribution in [-0.2, 0) is 0 Å². The minimum Gasteiger partial charge on any atom is -0.383 e. The fourth-order valence-corrected chi connectivity index (χ4v) is 3.14. The zero-order chi connectivity index (χ0) is 11.0. The molecule has 0 saturated carbocycles. The van der Waals surface area contributed by atoms with E-state index in [0.29, 0.717) is 5.92 Å². The molecular weight excluding hydrogens is 216 g/mol. The fraction of sp³-hybridized carbons (Fsp3) is 0.308. The summed E-state index contributed by atoms with van der Waals surface area (Å²) in [4.78, 5) is 5.84. The number of rotatable bonds is 0. The molecule has 0 bridgehead atoms. The zero-order valence-corrected chi connectivity index (χ0v) is 10.1. The molecule has 1 N–H and O–H groups in total. The van der Waals surface area contributed by atoms with Gasteiger partial charge in [0.2, 0.25) is 0 Å². The van der Waals surface area contributed by atoms with Crippen molar-refractivity contribution >= 4 is 28.4 Å². The van der Waals surface area contributed by atoms with Crippen LogP contribution in [0.3, 0.4) is 0 Å². The molecule has 16 heavy (non-hydrogen) atoms. The van der Waals surface area contributed by atoms with Crippen molar-refractivity contribution in [2.75, 3.05) is 17.6 Å². The highest BCUT2D eigenvalue weighted by molar-refractivity contribution is 7.99. The summed E-state index contributed by atoms with van der Waals surface area (Å²) in [5.41, 5.74) is 2.28. The number of nitrogens with one attached hydrogen (secondary N) is 1. The van der Waals surface area contributed by atoms with Gasteiger partial charge >= 0.3 is 0 Å². The molecule has 1 aromatic heterocycles. The molecule has 0 amide bonds. The number of hydrogen-bond acceptors (Lipinski definition) is 3. The third-order valence-corrected chi connectivity index (χ3v) is 4.34. The summed E-state index contributed by atoms with van der Waals surface area (Å²) in [6.07, 6.45) is 1.96. The lowest BCUT2D eigenvalue weighted by molar-refractivity contribution is 0.704. The number of pyridine rings is 1. The summed E-state index contributed by atoms with van der Waals surface area (Å²) in [5.74, 6) is 1.88. The highest BCUT2D eigenvalue weighted by Crippen LogP contribution is 2.36. The molecule has 3 rings (SSSR count). The maximum atomic E-state index is 4.49. The first-order valence-corrected chi connectivity index (χ1v) is 6.57. The number of anilines is 1. The molecule has 0 fully saturated rings. The summed E-state index contributed by atoms with van der Waals surface area (Å²) in [5, 5.41) is 4.75. The lowest BCUT2D eigenvalue weighted by atomic mass is 10.2. The van der Waals surface area contributed by atoms with Gasteiger partial charge in [0.05, 0.1) is 17.4 Å². The maximum absolute atomic E-state index is 4.49. The first-order valence-electron chi connectivity index (χ1n) is 5.59. The fourth-order valence-electron chi connectivity index (χ4n) is 1.97. The zero-order valence-electron chi connectivity index (χ0n) is 9.23. The second-order valence-corrected chi connectivity index (χ2v) is 5.35. The molecular formula is C13H14N2S. The minimum atomic E-state index is 0.705. The predicted molar refractivity (Wildman–Crippen MR) is 70.1 cm³/mol. The Morgan fingerprint density at radius 2 is 2.25 bits per heavy atom. The number of aromatic nitrogens is 1. The van der Waals surface area contributed by atoms with E-state index in [1.165, 1.54) is 21.7 Å². The largest absolute Gasteiger partial charge is 0.383 e. The van der Waals surface area contributed by atoms with E-state index in [9.17, 15) is 0 Å². The molecule has 2 aromatic rings. The van der Waals surface area contributed by atoms with Crippen molar-refractivity contribution in [2.45, 2.75) is 11.8 Å². The van der Waals surface area contributed by atoms with Crippen molar-refractivity contribution in [1.82, 2.24) is 4.98 Å². The second kappa shape index (κ2) is 3.98. The summed E-state index contributed by atoms with van der Waals surface area (Å²) in [6, 6.07) is 8.36.